The number of rotatable bonds is 11. The van der Waals surface area contributed by atoms with Gasteiger partial charge in [-0.2, -0.15) is 0 Å². The van der Waals surface area contributed by atoms with Gasteiger partial charge in [-0.1, -0.05) is 55.1 Å². The molecular formula is C25H26B2O5. The number of hydrogen-bond acceptors (Lipinski definition) is 5. The molecule has 0 unspecified atom stereocenters. The lowest BCUT2D eigenvalue weighted by Crippen LogP contribution is -2.29. The summed E-state index contributed by atoms with van der Waals surface area (Å²) in [4.78, 5) is 12.6. The fourth-order valence-electron chi connectivity index (χ4n) is 3.57. The van der Waals surface area contributed by atoms with Gasteiger partial charge in [0.05, 0.1) is 0 Å². The van der Waals surface area contributed by atoms with Gasteiger partial charge >= 0.3 is 14.8 Å². The zero-order valence-electron chi connectivity index (χ0n) is 17.9. The van der Waals surface area contributed by atoms with E-state index in [-0.39, 0.29) is 5.78 Å². The first-order valence-electron chi connectivity index (χ1n) is 10.6. The molecule has 3 aromatic rings. The minimum Gasteiger partial charge on any atom is -0.539 e. The maximum absolute atomic E-state index is 12.6. The predicted octanol–water partition coefficient (Wildman–Crippen LogP) is 2.47. The molecule has 0 fully saturated rings. The third-order valence-corrected chi connectivity index (χ3v) is 5.46. The highest BCUT2D eigenvalue weighted by Gasteiger charge is 2.12. The second-order valence-corrected chi connectivity index (χ2v) is 7.59. The Kier molecular flexibility index (Phi) is 8.45. The molecule has 3 aromatic carbocycles. The van der Waals surface area contributed by atoms with Gasteiger partial charge < -0.3 is 19.7 Å². The Hall–Kier alpha value is -3.12. The maximum atomic E-state index is 12.6. The molecule has 0 radical (unpaired) electrons. The van der Waals surface area contributed by atoms with E-state index in [0.717, 1.165) is 29.5 Å². The van der Waals surface area contributed by atoms with Crippen molar-refractivity contribution in [2.75, 3.05) is 0 Å². The normalized spacial score (nSPS) is 10.5. The van der Waals surface area contributed by atoms with Crippen LogP contribution < -0.4 is 10.1 Å². The predicted molar refractivity (Wildman–Crippen MR) is 129 cm³/mol. The topological polar surface area (TPSA) is 87.0 Å². The minimum atomic E-state index is -1.47. The molecule has 0 saturated carbocycles. The van der Waals surface area contributed by atoms with Gasteiger partial charge in [-0.25, -0.2) is 0 Å². The summed E-state index contributed by atoms with van der Waals surface area (Å²) in [6.07, 6.45) is 2.63. The molecule has 3 rings (SSSR count). The molecule has 0 aliphatic carbocycles. The maximum Gasteiger partial charge on any atom is 0.504 e. The molecule has 7 heteroatoms. The van der Waals surface area contributed by atoms with Gasteiger partial charge in [0, 0.05) is 12.0 Å². The molecule has 0 heterocycles. The molecule has 0 aliphatic heterocycles. The molecule has 3 N–H and O–H groups in total. The van der Waals surface area contributed by atoms with Crippen LogP contribution in [0.1, 0.15) is 39.9 Å². The van der Waals surface area contributed by atoms with Crippen LogP contribution in [0.3, 0.4) is 0 Å². The second kappa shape index (κ2) is 11.5. The summed E-state index contributed by atoms with van der Waals surface area (Å²) in [6.45, 7) is 4.17. The van der Waals surface area contributed by atoms with Gasteiger partial charge in [0.2, 0.25) is 0 Å². The van der Waals surface area contributed by atoms with Crippen molar-refractivity contribution in [3.05, 3.63) is 102 Å². The molecule has 5 nitrogen and oxygen atoms in total. The molecular weight excluding hydrogens is 402 g/mol. The van der Waals surface area contributed by atoms with Crippen molar-refractivity contribution in [2.45, 2.75) is 25.7 Å². The Morgan fingerprint density at radius 1 is 0.844 bits per heavy atom. The number of allylic oxidation sites excluding steroid dienone is 1. The van der Waals surface area contributed by atoms with Crippen LogP contribution in [-0.4, -0.2) is 35.7 Å². The van der Waals surface area contributed by atoms with E-state index in [1.54, 1.807) is 36.4 Å². The van der Waals surface area contributed by atoms with E-state index in [0.29, 0.717) is 29.6 Å². The van der Waals surface area contributed by atoms with E-state index in [4.69, 9.17) is 9.68 Å². The average Bonchev–Trinajstić information content (AvgIpc) is 2.82. The lowest BCUT2D eigenvalue weighted by molar-refractivity contribution is 0.0982. The number of Topliss-reactive ketones (excluding diaryl/α,β-unsaturated/α-hetero) is 1. The Labute approximate surface area is 189 Å². The van der Waals surface area contributed by atoms with E-state index < -0.39 is 14.8 Å². The number of hydrogen-bond donors (Lipinski definition) is 3. The van der Waals surface area contributed by atoms with E-state index >= 15 is 0 Å². The molecule has 0 atom stereocenters. The lowest BCUT2D eigenvalue weighted by Gasteiger charge is -2.11. The smallest absolute Gasteiger partial charge is 0.504 e. The zero-order chi connectivity index (χ0) is 22.9. The molecule has 0 amide bonds. The summed E-state index contributed by atoms with van der Waals surface area (Å²) >= 11 is 0. The van der Waals surface area contributed by atoms with Crippen LogP contribution in [0.5, 0.6) is 5.75 Å². The summed E-state index contributed by atoms with van der Waals surface area (Å²) < 4.78 is 4.99. The van der Waals surface area contributed by atoms with Gasteiger partial charge in [0.15, 0.2) is 5.78 Å². The standard InChI is InChI=1S/C25H26B2O5/c1-18(19-8-13-23(14-9-19)27(30)31)6-7-20-4-2-3-5-21(20)12-17-25(28)22-10-15-24(16-11-22)32-26-29/h2-5,8-11,13-16,26,29-31H,1,6-7,12,17H2. The molecule has 0 bridgehead atoms. The highest BCUT2D eigenvalue weighted by molar-refractivity contribution is 6.58. The number of benzene rings is 3. The Bertz CT molecular complexity index is 1050. The van der Waals surface area contributed by atoms with Crippen molar-refractivity contribution >= 4 is 31.6 Å². The van der Waals surface area contributed by atoms with Crippen molar-refractivity contribution in [2.24, 2.45) is 0 Å². The first-order chi connectivity index (χ1) is 15.5. The van der Waals surface area contributed by atoms with E-state index in [1.165, 1.54) is 5.56 Å². The highest BCUT2D eigenvalue weighted by Crippen LogP contribution is 2.21. The lowest BCUT2D eigenvalue weighted by atomic mass is 9.79. The quantitative estimate of drug-likeness (QED) is 0.323. The third kappa shape index (κ3) is 6.44. The van der Waals surface area contributed by atoms with Gasteiger partial charge in [0.1, 0.15) is 5.75 Å². The number of carbonyl (C=O) groups excluding carboxylic acids is 1. The molecule has 32 heavy (non-hydrogen) atoms. The Balaban J connectivity index is 1.58. The van der Waals surface area contributed by atoms with Crippen LogP contribution in [-0.2, 0) is 12.8 Å². The van der Waals surface area contributed by atoms with Crippen molar-refractivity contribution < 1.29 is 24.5 Å². The van der Waals surface area contributed by atoms with E-state index in [9.17, 15) is 14.8 Å². The second-order valence-electron chi connectivity index (χ2n) is 7.59. The highest BCUT2D eigenvalue weighted by atomic mass is 16.5. The monoisotopic (exact) mass is 428 g/mol. The summed E-state index contributed by atoms with van der Waals surface area (Å²) in [5.41, 5.74) is 5.35. The number of carbonyl (C=O) groups is 1. The molecule has 0 aromatic heterocycles. The van der Waals surface area contributed by atoms with E-state index in [1.807, 2.05) is 24.3 Å². The fourth-order valence-corrected chi connectivity index (χ4v) is 3.57. The molecule has 162 valence electrons. The van der Waals surface area contributed by atoms with Crippen LogP contribution in [0, 0.1) is 0 Å². The third-order valence-electron chi connectivity index (χ3n) is 5.46. The zero-order valence-corrected chi connectivity index (χ0v) is 17.9. The summed E-state index contributed by atoms with van der Waals surface area (Å²) in [6, 6.07) is 22.0. The summed E-state index contributed by atoms with van der Waals surface area (Å²) in [5.74, 6) is 0.586. The molecule has 0 spiro atoms. The molecule has 0 saturated heterocycles. The van der Waals surface area contributed by atoms with Crippen molar-refractivity contribution in [1.82, 2.24) is 0 Å². The van der Waals surface area contributed by atoms with Gasteiger partial charge in [-0.15, -0.1) is 0 Å². The SMILES string of the molecule is C=C(CCc1ccccc1CCC(=O)c1ccc(OBO)cc1)c1ccc(B(O)O)cc1. The van der Waals surface area contributed by atoms with Crippen LogP contribution in [0.2, 0.25) is 0 Å². The van der Waals surface area contributed by atoms with Crippen LogP contribution in [0.25, 0.3) is 5.57 Å². The van der Waals surface area contributed by atoms with Crippen molar-refractivity contribution in [3.8, 4) is 5.75 Å². The first kappa shape index (κ1) is 23.5. The first-order valence-corrected chi connectivity index (χ1v) is 10.6. The molecule has 0 aliphatic rings. The Morgan fingerprint density at radius 3 is 1.97 bits per heavy atom. The largest absolute Gasteiger partial charge is 0.539 e. The average molecular weight is 428 g/mol. The van der Waals surface area contributed by atoms with Gasteiger partial charge in [-0.3, -0.25) is 4.79 Å². The summed E-state index contributed by atoms with van der Waals surface area (Å²) in [7, 11) is -1.87. The van der Waals surface area contributed by atoms with Crippen LogP contribution in [0.15, 0.2) is 79.4 Å². The Morgan fingerprint density at radius 2 is 1.41 bits per heavy atom. The summed E-state index contributed by atoms with van der Waals surface area (Å²) in [5, 5.41) is 27.2. The van der Waals surface area contributed by atoms with E-state index in [2.05, 4.69) is 18.7 Å². The fraction of sp³-hybridized carbons (Fsp3) is 0.160. The number of aryl methyl sites for hydroxylation is 2. The number of ketones is 1. The van der Waals surface area contributed by atoms with Crippen molar-refractivity contribution in [1.29, 1.82) is 0 Å². The minimum absolute atomic E-state index is 0.0610. The van der Waals surface area contributed by atoms with Crippen LogP contribution >= 0.6 is 0 Å². The van der Waals surface area contributed by atoms with Gasteiger partial charge in [-0.05, 0) is 71.3 Å². The van der Waals surface area contributed by atoms with Gasteiger partial charge in [0.25, 0.3) is 0 Å². The van der Waals surface area contributed by atoms with Crippen LogP contribution in [0.4, 0.5) is 0 Å². The van der Waals surface area contributed by atoms with Crippen molar-refractivity contribution in [3.63, 3.8) is 0 Å².